The molecule has 0 atom stereocenters. The Morgan fingerprint density at radius 2 is 1.53 bits per heavy atom. The lowest BCUT2D eigenvalue weighted by Gasteiger charge is -2.11. The van der Waals surface area contributed by atoms with Crippen molar-refractivity contribution >= 4 is 27.6 Å². The molecule has 0 saturated carbocycles. The maximum Gasteiger partial charge on any atom is 0.437 e. The Kier molecular flexibility index (Phi) is 7.59. The molecule has 1 heterocycles. The maximum absolute atomic E-state index is 12.3. The zero-order valence-corrected chi connectivity index (χ0v) is 17.2. The minimum absolute atomic E-state index is 0.217. The molecule has 2 aromatic carbocycles. The van der Waals surface area contributed by atoms with Gasteiger partial charge in [-0.05, 0) is 36.4 Å². The van der Waals surface area contributed by atoms with Gasteiger partial charge in [-0.3, -0.25) is 19.0 Å². The van der Waals surface area contributed by atoms with E-state index in [2.05, 4.69) is 5.16 Å². The van der Waals surface area contributed by atoms with Crippen molar-refractivity contribution in [3.63, 3.8) is 0 Å². The van der Waals surface area contributed by atoms with Gasteiger partial charge in [0.15, 0.2) is 5.71 Å². The summed E-state index contributed by atoms with van der Waals surface area (Å²) in [6.07, 6.45) is -4.68. The molecule has 2 amide bonds. The quantitative estimate of drug-likeness (QED) is 0.224. The number of ether oxygens (including phenoxy) is 1. The van der Waals surface area contributed by atoms with E-state index in [0.717, 1.165) is 4.90 Å². The van der Waals surface area contributed by atoms with Crippen LogP contribution in [-0.2, 0) is 10.1 Å². The predicted octanol–water partition coefficient (Wildman–Crippen LogP) is 2.61. The van der Waals surface area contributed by atoms with Crippen LogP contribution in [0.25, 0.3) is 0 Å². The number of oxime groups is 1. The number of methoxy groups -OCH3 is 1. The third kappa shape index (κ3) is 6.04. The summed E-state index contributed by atoms with van der Waals surface area (Å²) < 4.78 is 71.3. The second-order valence-electron chi connectivity index (χ2n) is 6.27. The minimum atomic E-state index is -4.68. The third-order valence-corrected chi connectivity index (χ3v) is 4.88. The largest absolute Gasteiger partial charge is 0.497 e. The van der Waals surface area contributed by atoms with Crippen LogP contribution in [-0.4, -0.2) is 66.2 Å². The number of carbonyl (C=O) groups is 2. The number of rotatable bonds is 5. The average Bonchev–Trinajstić information content (AvgIpc) is 2.97. The Morgan fingerprint density at radius 3 is 1.91 bits per heavy atom. The normalized spacial score (nSPS) is 14.0. The standard InChI is InChI=1S/C10H9NO5S.C9H8F3NO2/c12-9-7-3-1-2-4-8(7)10(13)11(9)5-6-17(14,15)16;1-15-7-4-2-6(3-5-7)8(13-14)9(10,11)12/h1-4H,5-6H2,(H,14,15,16);2-5,14H,1H3/b;13-8-. The van der Waals surface area contributed by atoms with Crippen LogP contribution < -0.4 is 4.74 Å². The molecule has 3 rings (SSSR count). The van der Waals surface area contributed by atoms with E-state index in [-0.39, 0.29) is 23.2 Å². The second-order valence-corrected chi connectivity index (χ2v) is 7.84. The summed E-state index contributed by atoms with van der Waals surface area (Å²) in [5, 5.41) is 10.5. The van der Waals surface area contributed by atoms with E-state index in [1.54, 1.807) is 12.1 Å². The van der Waals surface area contributed by atoms with Crippen molar-refractivity contribution in [3.8, 4) is 5.75 Å². The Morgan fingerprint density at radius 1 is 1.03 bits per heavy atom. The fraction of sp³-hybridized carbons (Fsp3) is 0.211. The summed E-state index contributed by atoms with van der Waals surface area (Å²) in [6, 6.07) is 11.3. The summed E-state index contributed by atoms with van der Waals surface area (Å²) in [5.74, 6) is -1.29. The first kappa shape index (κ1) is 24.8. The Labute approximate surface area is 180 Å². The van der Waals surface area contributed by atoms with E-state index in [1.165, 1.54) is 43.5 Å². The van der Waals surface area contributed by atoms with Gasteiger partial charge in [0.1, 0.15) is 5.75 Å². The van der Waals surface area contributed by atoms with Gasteiger partial charge >= 0.3 is 6.18 Å². The number of hydrogen-bond donors (Lipinski definition) is 2. The van der Waals surface area contributed by atoms with Gasteiger partial charge in [0.2, 0.25) is 0 Å². The number of amides is 2. The van der Waals surface area contributed by atoms with Crippen molar-refractivity contribution < 1.29 is 45.7 Å². The van der Waals surface area contributed by atoms with E-state index in [4.69, 9.17) is 14.5 Å². The highest BCUT2D eigenvalue weighted by molar-refractivity contribution is 7.85. The fourth-order valence-electron chi connectivity index (χ4n) is 2.68. The van der Waals surface area contributed by atoms with Crippen molar-refractivity contribution in [2.75, 3.05) is 19.4 Å². The van der Waals surface area contributed by atoms with Gasteiger partial charge in [0.25, 0.3) is 21.9 Å². The van der Waals surface area contributed by atoms with Crippen LogP contribution in [0.3, 0.4) is 0 Å². The summed E-state index contributed by atoms with van der Waals surface area (Å²) >= 11 is 0. The van der Waals surface area contributed by atoms with Crippen LogP contribution in [0.4, 0.5) is 13.2 Å². The topological polar surface area (TPSA) is 134 Å². The van der Waals surface area contributed by atoms with Crippen molar-refractivity contribution in [1.29, 1.82) is 0 Å². The van der Waals surface area contributed by atoms with Gasteiger partial charge < -0.3 is 9.94 Å². The molecule has 0 bridgehead atoms. The number of halogens is 3. The first-order valence-corrected chi connectivity index (χ1v) is 10.3. The lowest BCUT2D eigenvalue weighted by atomic mass is 10.1. The molecule has 2 aromatic rings. The van der Waals surface area contributed by atoms with E-state index in [0.29, 0.717) is 5.75 Å². The molecule has 2 N–H and O–H groups in total. The zero-order chi connectivity index (χ0) is 24.1. The monoisotopic (exact) mass is 474 g/mol. The number of benzene rings is 2. The highest BCUT2D eigenvalue weighted by Gasteiger charge is 2.37. The molecule has 32 heavy (non-hydrogen) atoms. The number of hydrogen-bond acceptors (Lipinski definition) is 7. The highest BCUT2D eigenvalue weighted by Crippen LogP contribution is 2.24. The summed E-state index contributed by atoms with van der Waals surface area (Å²) in [4.78, 5) is 24.3. The molecule has 0 radical (unpaired) electrons. The molecule has 0 aliphatic carbocycles. The molecule has 172 valence electrons. The molecule has 1 aliphatic heterocycles. The van der Waals surface area contributed by atoms with Gasteiger partial charge in [0, 0.05) is 12.1 Å². The van der Waals surface area contributed by atoms with Crippen LogP contribution >= 0.6 is 0 Å². The summed E-state index contributed by atoms with van der Waals surface area (Å²) in [7, 11) is -2.79. The van der Waals surface area contributed by atoms with Crippen LogP contribution in [0.2, 0.25) is 0 Å². The maximum atomic E-state index is 12.3. The van der Waals surface area contributed by atoms with Gasteiger partial charge in [-0.1, -0.05) is 17.3 Å². The third-order valence-electron chi connectivity index (χ3n) is 4.18. The smallest absolute Gasteiger partial charge is 0.437 e. The number of fused-ring (bicyclic) bond motifs is 1. The predicted molar refractivity (Wildman–Crippen MR) is 106 cm³/mol. The minimum Gasteiger partial charge on any atom is -0.497 e. The summed E-state index contributed by atoms with van der Waals surface area (Å²) in [5.41, 5.74) is -1.03. The van der Waals surface area contributed by atoms with Crippen LogP contribution in [0.15, 0.2) is 53.7 Å². The van der Waals surface area contributed by atoms with Gasteiger partial charge in [-0.25, -0.2) is 0 Å². The highest BCUT2D eigenvalue weighted by atomic mass is 32.2. The van der Waals surface area contributed by atoms with Crippen molar-refractivity contribution in [1.82, 2.24) is 4.90 Å². The molecule has 13 heteroatoms. The molecular weight excluding hydrogens is 457 g/mol. The molecule has 0 unspecified atom stereocenters. The Bertz CT molecular complexity index is 1100. The average molecular weight is 474 g/mol. The van der Waals surface area contributed by atoms with Crippen LogP contribution in [0.1, 0.15) is 26.3 Å². The molecule has 9 nitrogen and oxygen atoms in total. The SMILES string of the molecule is COc1ccc(/C(=N/O)C(F)(F)F)cc1.O=C1c2ccccc2C(=O)N1CCS(=O)(=O)O. The van der Waals surface area contributed by atoms with E-state index < -0.39 is 39.6 Å². The summed E-state index contributed by atoms with van der Waals surface area (Å²) in [6.45, 7) is -0.342. The van der Waals surface area contributed by atoms with E-state index in [1.807, 2.05) is 0 Å². The molecule has 0 spiro atoms. The van der Waals surface area contributed by atoms with Gasteiger partial charge in [0.05, 0.1) is 24.0 Å². The van der Waals surface area contributed by atoms with Gasteiger partial charge in [-0.15, -0.1) is 0 Å². The van der Waals surface area contributed by atoms with Crippen molar-refractivity contribution in [2.45, 2.75) is 6.18 Å². The molecule has 0 saturated heterocycles. The number of imide groups is 1. The van der Waals surface area contributed by atoms with Crippen molar-refractivity contribution in [2.24, 2.45) is 5.16 Å². The molecule has 0 fully saturated rings. The Hall–Kier alpha value is -3.45. The number of nitrogens with zero attached hydrogens (tertiary/aromatic N) is 2. The van der Waals surface area contributed by atoms with E-state index in [9.17, 15) is 31.2 Å². The second kappa shape index (κ2) is 9.78. The lowest BCUT2D eigenvalue weighted by Crippen LogP contribution is -2.34. The van der Waals surface area contributed by atoms with Gasteiger partial charge in [-0.2, -0.15) is 21.6 Å². The fourth-order valence-corrected chi connectivity index (χ4v) is 3.09. The molecule has 0 aromatic heterocycles. The van der Waals surface area contributed by atoms with Crippen LogP contribution in [0, 0.1) is 0 Å². The Balaban J connectivity index is 0.000000229. The van der Waals surface area contributed by atoms with Crippen molar-refractivity contribution in [3.05, 3.63) is 65.2 Å². The zero-order valence-electron chi connectivity index (χ0n) is 16.4. The number of alkyl halides is 3. The first-order valence-electron chi connectivity index (χ1n) is 8.73. The lowest BCUT2D eigenvalue weighted by molar-refractivity contribution is -0.0601. The van der Waals surface area contributed by atoms with E-state index >= 15 is 0 Å². The van der Waals surface area contributed by atoms with Crippen LogP contribution in [0.5, 0.6) is 5.75 Å². The first-order chi connectivity index (χ1) is 14.9. The molecule has 1 aliphatic rings. The molecular formula is C19H17F3N2O7S. The number of carbonyl (C=O) groups excluding carboxylic acids is 2.